The van der Waals surface area contributed by atoms with E-state index in [1.807, 2.05) is 0 Å². The third-order valence-electron chi connectivity index (χ3n) is 4.99. The molecule has 0 bridgehead atoms. The quantitative estimate of drug-likeness (QED) is 0.688. The molecule has 0 saturated carbocycles. The van der Waals surface area contributed by atoms with Gasteiger partial charge in [0.15, 0.2) is 6.54 Å². The molecule has 2 heterocycles. The molecule has 0 atom stereocenters. The van der Waals surface area contributed by atoms with E-state index in [1.54, 1.807) is 12.1 Å². The number of hydrogen-bond acceptors (Lipinski definition) is 5. The van der Waals surface area contributed by atoms with Crippen LogP contribution in [0.2, 0.25) is 0 Å². The van der Waals surface area contributed by atoms with E-state index in [1.165, 1.54) is 17.5 Å². The molecule has 0 spiro atoms. The van der Waals surface area contributed by atoms with Crippen LogP contribution in [-0.4, -0.2) is 71.7 Å². The van der Waals surface area contributed by atoms with Crippen molar-refractivity contribution < 1.29 is 27.6 Å². The number of nitrogens with zero attached hydrogens (tertiary/aromatic N) is 1. The summed E-state index contributed by atoms with van der Waals surface area (Å²) in [5, 5.41) is 2.82. The van der Waals surface area contributed by atoms with Crippen LogP contribution in [0.4, 0.5) is 5.69 Å². The summed E-state index contributed by atoms with van der Waals surface area (Å²) < 4.78 is 38.1. The Kier molecular flexibility index (Phi) is 6.69. The second kappa shape index (κ2) is 9.01. The monoisotopic (exact) mass is 398 g/mol. The van der Waals surface area contributed by atoms with Crippen molar-refractivity contribution in [3.05, 3.63) is 18.2 Å². The number of hydrogen-bond donors (Lipinski definition) is 2. The second-order valence-corrected chi connectivity index (χ2v) is 8.82. The molecule has 1 aromatic carbocycles. The Morgan fingerprint density at radius 3 is 2.59 bits per heavy atom. The summed E-state index contributed by atoms with van der Waals surface area (Å²) >= 11 is 0. The van der Waals surface area contributed by atoms with Crippen molar-refractivity contribution in [1.29, 1.82) is 0 Å². The number of nitrogens with one attached hydrogen (secondary N) is 2. The molecule has 1 amide bonds. The number of benzene rings is 1. The molecule has 9 heteroatoms. The number of morpholine rings is 1. The molecule has 1 aromatic rings. The van der Waals surface area contributed by atoms with E-state index in [0.717, 1.165) is 37.3 Å². The van der Waals surface area contributed by atoms with Gasteiger partial charge in [-0.1, -0.05) is 6.42 Å². The SMILES string of the molecule is COc1ccc(NC(=O)C[NH+]2CCOCC2)cc1S(=O)(=O)N1CCCCC1. The molecule has 2 saturated heterocycles. The number of carbonyl (C=O) groups is 1. The van der Waals surface area contributed by atoms with Crippen LogP contribution in [0.1, 0.15) is 19.3 Å². The minimum absolute atomic E-state index is 0.100. The maximum absolute atomic E-state index is 13.0. The number of piperidine rings is 1. The molecule has 2 fully saturated rings. The first-order valence-corrected chi connectivity index (χ1v) is 10.8. The van der Waals surface area contributed by atoms with Crippen LogP contribution in [0.3, 0.4) is 0 Å². The number of quaternary nitrogens is 1. The van der Waals surface area contributed by atoms with Gasteiger partial charge in [0.1, 0.15) is 23.7 Å². The summed E-state index contributed by atoms with van der Waals surface area (Å²) in [7, 11) is -2.21. The summed E-state index contributed by atoms with van der Waals surface area (Å²) in [6.07, 6.45) is 2.77. The van der Waals surface area contributed by atoms with Crippen molar-refractivity contribution in [3.63, 3.8) is 0 Å². The first kappa shape index (κ1) is 20.1. The van der Waals surface area contributed by atoms with E-state index < -0.39 is 10.0 Å². The van der Waals surface area contributed by atoms with Crippen molar-refractivity contribution in [1.82, 2.24) is 4.31 Å². The van der Waals surface area contributed by atoms with Gasteiger partial charge in [0, 0.05) is 18.8 Å². The van der Waals surface area contributed by atoms with Gasteiger partial charge in [-0.25, -0.2) is 8.42 Å². The molecule has 0 aliphatic carbocycles. The van der Waals surface area contributed by atoms with E-state index in [2.05, 4.69) is 5.32 Å². The second-order valence-electron chi connectivity index (χ2n) is 6.92. The Balaban J connectivity index is 1.75. The van der Waals surface area contributed by atoms with Gasteiger partial charge in [-0.3, -0.25) is 4.79 Å². The van der Waals surface area contributed by atoms with E-state index in [4.69, 9.17) is 9.47 Å². The standard InChI is InChI=1S/C18H27N3O5S/c1-25-16-6-5-15(19-18(22)14-20-9-11-26-12-10-20)13-17(16)27(23,24)21-7-3-2-4-8-21/h5-6,13H,2-4,7-12,14H2,1H3,(H,19,22)/p+1. The highest BCUT2D eigenvalue weighted by Crippen LogP contribution is 2.31. The number of carbonyl (C=O) groups excluding carboxylic acids is 1. The molecule has 0 aromatic heterocycles. The summed E-state index contributed by atoms with van der Waals surface area (Å²) in [5.41, 5.74) is 0.462. The Hall–Kier alpha value is -1.68. The number of amides is 1. The molecule has 150 valence electrons. The van der Waals surface area contributed by atoms with E-state index >= 15 is 0 Å². The zero-order valence-electron chi connectivity index (χ0n) is 15.7. The van der Waals surface area contributed by atoms with Crippen molar-refractivity contribution in [3.8, 4) is 5.75 Å². The molecule has 0 radical (unpaired) electrons. The lowest BCUT2D eigenvalue weighted by molar-refractivity contribution is -0.899. The molecule has 3 rings (SSSR count). The highest BCUT2D eigenvalue weighted by Gasteiger charge is 2.29. The molecular formula is C18H28N3O5S+. The average molecular weight is 399 g/mol. The Morgan fingerprint density at radius 1 is 1.22 bits per heavy atom. The fourth-order valence-electron chi connectivity index (χ4n) is 3.47. The normalized spacial score (nSPS) is 19.6. The third kappa shape index (κ3) is 4.98. The first-order valence-electron chi connectivity index (χ1n) is 9.40. The first-order chi connectivity index (χ1) is 13.0. The molecule has 27 heavy (non-hydrogen) atoms. The number of methoxy groups -OCH3 is 1. The lowest BCUT2D eigenvalue weighted by atomic mass is 10.2. The predicted molar refractivity (Wildman–Crippen MR) is 101 cm³/mol. The Labute approximate surface area is 160 Å². The highest BCUT2D eigenvalue weighted by atomic mass is 32.2. The van der Waals surface area contributed by atoms with Crippen molar-refractivity contribution in [2.24, 2.45) is 0 Å². The molecular weight excluding hydrogens is 370 g/mol. The lowest BCUT2D eigenvalue weighted by Crippen LogP contribution is -3.15. The summed E-state index contributed by atoms with van der Waals surface area (Å²) in [6, 6.07) is 4.75. The number of sulfonamides is 1. The van der Waals surface area contributed by atoms with E-state index in [-0.39, 0.29) is 16.6 Å². The zero-order chi connectivity index (χ0) is 19.3. The van der Waals surface area contributed by atoms with Crippen molar-refractivity contribution >= 4 is 21.6 Å². The highest BCUT2D eigenvalue weighted by molar-refractivity contribution is 7.89. The van der Waals surface area contributed by atoms with E-state index in [0.29, 0.717) is 38.5 Å². The molecule has 2 aliphatic heterocycles. The maximum Gasteiger partial charge on any atom is 0.279 e. The lowest BCUT2D eigenvalue weighted by Gasteiger charge is -2.26. The van der Waals surface area contributed by atoms with Crippen LogP contribution in [0.15, 0.2) is 23.1 Å². The summed E-state index contributed by atoms with van der Waals surface area (Å²) in [4.78, 5) is 13.6. The van der Waals surface area contributed by atoms with Gasteiger partial charge in [-0.2, -0.15) is 4.31 Å². The van der Waals surface area contributed by atoms with Crippen LogP contribution in [0.25, 0.3) is 0 Å². The minimum atomic E-state index is -3.65. The van der Waals surface area contributed by atoms with Crippen LogP contribution in [0.5, 0.6) is 5.75 Å². The van der Waals surface area contributed by atoms with Gasteiger partial charge in [0.05, 0.1) is 20.3 Å². The Morgan fingerprint density at radius 2 is 1.93 bits per heavy atom. The van der Waals surface area contributed by atoms with Crippen LogP contribution < -0.4 is 15.0 Å². The maximum atomic E-state index is 13.0. The van der Waals surface area contributed by atoms with Gasteiger partial charge in [0.2, 0.25) is 10.0 Å². The number of anilines is 1. The van der Waals surface area contributed by atoms with Crippen LogP contribution in [-0.2, 0) is 19.6 Å². The number of rotatable bonds is 6. The van der Waals surface area contributed by atoms with Crippen LogP contribution >= 0.6 is 0 Å². The zero-order valence-corrected chi connectivity index (χ0v) is 16.5. The average Bonchev–Trinajstić information content (AvgIpc) is 2.69. The summed E-state index contributed by atoms with van der Waals surface area (Å²) in [5.74, 6) is 0.149. The van der Waals surface area contributed by atoms with Crippen molar-refractivity contribution in [2.75, 3.05) is 58.4 Å². The van der Waals surface area contributed by atoms with Crippen LogP contribution in [0, 0.1) is 0 Å². The Bertz CT molecular complexity index is 756. The van der Waals surface area contributed by atoms with Crippen molar-refractivity contribution in [2.45, 2.75) is 24.2 Å². The van der Waals surface area contributed by atoms with Gasteiger partial charge in [-0.05, 0) is 31.0 Å². The molecule has 2 aliphatic rings. The van der Waals surface area contributed by atoms with Gasteiger partial charge >= 0.3 is 0 Å². The predicted octanol–water partition coefficient (Wildman–Crippen LogP) is -0.277. The fraction of sp³-hybridized carbons (Fsp3) is 0.611. The number of ether oxygens (including phenoxy) is 2. The minimum Gasteiger partial charge on any atom is -0.495 e. The third-order valence-corrected chi connectivity index (χ3v) is 6.91. The van der Waals surface area contributed by atoms with Gasteiger partial charge in [0.25, 0.3) is 5.91 Å². The molecule has 0 unspecified atom stereocenters. The largest absolute Gasteiger partial charge is 0.495 e. The fourth-order valence-corrected chi connectivity index (χ4v) is 5.17. The van der Waals surface area contributed by atoms with Gasteiger partial charge < -0.3 is 19.7 Å². The molecule has 2 N–H and O–H groups in total. The topological polar surface area (TPSA) is 89.4 Å². The molecule has 8 nitrogen and oxygen atoms in total. The summed E-state index contributed by atoms with van der Waals surface area (Å²) in [6.45, 7) is 4.27. The van der Waals surface area contributed by atoms with Gasteiger partial charge in [-0.15, -0.1) is 0 Å². The van der Waals surface area contributed by atoms with E-state index in [9.17, 15) is 13.2 Å². The smallest absolute Gasteiger partial charge is 0.279 e.